The van der Waals surface area contributed by atoms with E-state index in [4.69, 9.17) is 16.3 Å². The molecule has 2 nitrogen and oxygen atoms in total. The first-order valence-corrected chi connectivity index (χ1v) is 6.89. The van der Waals surface area contributed by atoms with E-state index in [-0.39, 0.29) is 0 Å². The molecule has 2 rings (SSSR count). The maximum absolute atomic E-state index is 5.67. The minimum atomic E-state index is 0.625. The molecule has 0 radical (unpaired) electrons. The van der Waals surface area contributed by atoms with Crippen LogP contribution in [-0.4, -0.2) is 24.1 Å². The van der Waals surface area contributed by atoms with Crippen molar-refractivity contribution in [2.45, 2.75) is 31.6 Å². The van der Waals surface area contributed by atoms with Crippen LogP contribution in [0.15, 0.2) is 5.38 Å². The minimum absolute atomic E-state index is 0.625. The molecule has 1 aromatic heterocycles. The van der Waals surface area contributed by atoms with Crippen LogP contribution in [0, 0.1) is 0 Å². The van der Waals surface area contributed by atoms with E-state index in [1.54, 1.807) is 11.3 Å². The average Bonchev–Trinajstić information content (AvgIpc) is 2.76. The van der Waals surface area contributed by atoms with Gasteiger partial charge in [0.1, 0.15) is 0 Å². The normalized spacial score (nSPS) is 18.2. The van der Waals surface area contributed by atoms with Crippen molar-refractivity contribution >= 4 is 22.9 Å². The van der Waals surface area contributed by atoms with Crippen LogP contribution >= 0.6 is 22.9 Å². The van der Waals surface area contributed by atoms with Crippen LogP contribution in [0.4, 0.5) is 0 Å². The Morgan fingerprint density at radius 2 is 2.27 bits per heavy atom. The number of hydrogen-bond acceptors (Lipinski definition) is 3. The first-order chi connectivity index (χ1) is 7.40. The number of nitrogens with zero attached hydrogens (tertiary/aromatic N) is 1. The fourth-order valence-corrected chi connectivity index (χ4v) is 2.89. The summed E-state index contributed by atoms with van der Waals surface area (Å²) in [7, 11) is 0. The van der Waals surface area contributed by atoms with Crippen molar-refractivity contribution in [1.82, 2.24) is 4.98 Å². The summed E-state index contributed by atoms with van der Waals surface area (Å²) in [4.78, 5) is 4.68. The molecule has 1 aromatic rings. The lowest BCUT2D eigenvalue weighted by atomic mass is 9.97. The van der Waals surface area contributed by atoms with Crippen LogP contribution in [0.5, 0.6) is 0 Å². The van der Waals surface area contributed by atoms with Crippen molar-refractivity contribution in [1.29, 1.82) is 0 Å². The van der Waals surface area contributed by atoms with Crippen LogP contribution in [0.25, 0.3) is 0 Å². The highest BCUT2D eigenvalue weighted by atomic mass is 35.5. The van der Waals surface area contributed by atoms with Gasteiger partial charge in [-0.25, -0.2) is 4.98 Å². The van der Waals surface area contributed by atoms with Crippen molar-refractivity contribution in [2.24, 2.45) is 0 Å². The van der Waals surface area contributed by atoms with Gasteiger partial charge >= 0.3 is 0 Å². The van der Waals surface area contributed by atoms with Crippen molar-refractivity contribution in [2.75, 3.05) is 19.1 Å². The van der Waals surface area contributed by atoms with Crippen LogP contribution in [-0.2, 0) is 11.2 Å². The Morgan fingerprint density at radius 3 is 3.00 bits per heavy atom. The third-order valence-corrected chi connectivity index (χ3v) is 3.93. The summed E-state index contributed by atoms with van der Waals surface area (Å²) in [5.74, 6) is 1.35. The lowest BCUT2D eigenvalue weighted by molar-refractivity contribution is 0.0846. The zero-order chi connectivity index (χ0) is 10.5. The number of halogens is 1. The molecular formula is C11H16ClNOS. The number of aromatic nitrogens is 1. The highest BCUT2D eigenvalue weighted by Crippen LogP contribution is 2.28. The van der Waals surface area contributed by atoms with Gasteiger partial charge in [0.2, 0.25) is 0 Å². The molecule has 4 heteroatoms. The summed E-state index contributed by atoms with van der Waals surface area (Å²) in [5, 5.41) is 3.44. The SMILES string of the molecule is ClCCCc1nc(C2CCOCC2)cs1. The Labute approximate surface area is 99.6 Å². The Morgan fingerprint density at radius 1 is 1.47 bits per heavy atom. The maximum atomic E-state index is 5.67. The van der Waals surface area contributed by atoms with Gasteiger partial charge < -0.3 is 4.74 Å². The predicted octanol–water partition coefficient (Wildman–Crippen LogP) is 3.21. The molecule has 0 N–H and O–H groups in total. The fraction of sp³-hybridized carbons (Fsp3) is 0.727. The van der Waals surface area contributed by atoms with E-state index in [0.717, 1.165) is 44.8 Å². The first kappa shape index (κ1) is 11.4. The molecule has 15 heavy (non-hydrogen) atoms. The second-order valence-electron chi connectivity index (χ2n) is 3.85. The molecule has 0 spiro atoms. The number of rotatable bonds is 4. The summed E-state index contributed by atoms with van der Waals surface area (Å²) < 4.78 is 5.35. The van der Waals surface area contributed by atoms with Crippen molar-refractivity contribution in [3.63, 3.8) is 0 Å². The largest absolute Gasteiger partial charge is 0.381 e. The zero-order valence-corrected chi connectivity index (χ0v) is 10.3. The molecule has 0 unspecified atom stereocenters. The van der Waals surface area contributed by atoms with Crippen molar-refractivity contribution in [3.8, 4) is 0 Å². The molecule has 0 aliphatic carbocycles. The highest BCUT2D eigenvalue weighted by Gasteiger charge is 2.18. The first-order valence-electron chi connectivity index (χ1n) is 5.48. The van der Waals surface area contributed by atoms with Gasteiger partial charge in [-0.1, -0.05) is 0 Å². The number of aryl methyl sites for hydroxylation is 1. The summed E-state index contributed by atoms with van der Waals surface area (Å²) in [6.07, 6.45) is 4.30. The summed E-state index contributed by atoms with van der Waals surface area (Å²) in [6, 6.07) is 0. The standard InChI is InChI=1S/C11H16ClNOS/c12-5-1-2-11-13-10(8-15-11)9-3-6-14-7-4-9/h8-9H,1-7H2. The molecule has 1 saturated heterocycles. The number of alkyl halides is 1. The molecule has 1 aliphatic rings. The van der Waals surface area contributed by atoms with Gasteiger partial charge in [0.15, 0.2) is 0 Å². The number of thiazole rings is 1. The van der Waals surface area contributed by atoms with Crippen molar-refractivity contribution in [3.05, 3.63) is 16.1 Å². The predicted molar refractivity (Wildman–Crippen MR) is 63.9 cm³/mol. The molecule has 0 amide bonds. The van der Waals surface area contributed by atoms with Crippen LogP contribution in [0.3, 0.4) is 0 Å². The maximum Gasteiger partial charge on any atom is 0.0928 e. The lowest BCUT2D eigenvalue weighted by Gasteiger charge is -2.19. The van der Waals surface area contributed by atoms with Crippen LogP contribution in [0.2, 0.25) is 0 Å². The van der Waals surface area contributed by atoms with Gasteiger partial charge in [-0.05, 0) is 19.3 Å². The highest BCUT2D eigenvalue weighted by molar-refractivity contribution is 7.09. The minimum Gasteiger partial charge on any atom is -0.381 e. The van der Waals surface area contributed by atoms with Crippen molar-refractivity contribution < 1.29 is 4.74 Å². The number of ether oxygens (including phenoxy) is 1. The zero-order valence-electron chi connectivity index (χ0n) is 8.75. The summed E-state index contributed by atoms with van der Waals surface area (Å²) >= 11 is 7.44. The topological polar surface area (TPSA) is 22.1 Å². The molecule has 1 fully saturated rings. The van der Waals surface area contributed by atoms with E-state index in [1.807, 2.05) is 0 Å². The van der Waals surface area contributed by atoms with E-state index < -0.39 is 0 Å². The van der Waals surface area contributed by atoms with Crippen LogP contribution < -0.4 is 0 Å². The van der Waals surface area contributed by atoms with Gasteiger partial charge in [-0.2, -0.15) is 0 Å². The lowest BCUT2D eigenvalue weighted by Crippen LogP contribution is -2.14. The summed E-state index contributed by atoms with van der Waals surface area (Å²) in [6.45, 7) is 1.78. The summed E-state index contributed by atoms with van der Waals surface area (Å²) in [5.41, 5.74) is 1.27. The van der Waals surface area contributed by atoms with Gasteiger partial charge in [0.05, 0.1) is 10.7 Å². The van der Waals surface area contributed by atoms with Gasteiger partial charge in [-0.15, -0.1) is 22.9 Å². The van der Waals surface area contributed by atoms with Gasteiger partial charge in [0.25, 0.3) is 0 Å². The quantitative estimate of drug-likeness (QED) is 0.760. The van der Waals surface area contributed by atoms with Crippen LogP contribution in [0.1, 0.15) is 35.9 Å². The van der Waals surface area contributed by atoms with Gasteiger partial charge in [0, 0.05) is 36.8 Å². The third-order valence-electron chi connectivity index (χ3n) is 2.73. The number of hydrogen-bond donors (Lipinski definition) is 0. The second kappa shape index (κ2) is 5.83. The molecule has 84 valence electrons. The Bertz CT molecular complexity index is 297. The fourth-order valence-electron chi connectivity index (χ4n) is 1.84. The Balaban J connectivity index is 1.93. The monoisotopic (exact) mass is 245 g/mol. The van der Waals surface area contributed by atoms with E-state index >= 15 is 0 Å². The smallest absolute Gasteiger partial charge is 0.0928 e. The molecule has 0 atom stereocenters. The van der Waals surface area contributed by atoms with Gasteiger partial charge in [-0.3, -0.25) is 0 Å². The molecule has 0 aromatic carbocycles. The van der Waals surface area contributed by atoms with E-state index in [9.17, 15) is 0 Å². The molecular weight excluding hydrogens is 230 g/mol. The second-order valence-corrected chi connectivity index (χ2v) is 5.17. The Kier molecular flexibility index (Phi) is 4.42. The Hall–Kier alpha value is -0.120. The molecule has 0 bridgehead atoms. The average molecular weight is 246 g/mol. The third kappa shape index (κ3) is 3.16. The molecule has 1 aliphatic heterocycles. The molecule has 0 saturated carbocycles. The van der Waals surface area contributed by atoms with E-state index in [1.165, 1.54) is 10.7 Å². The van der Waals surface area contributed by atoms with E-state index in [0.29, 0.717) is 5.92 Å². The molecule has 2 heterocycles. The van der Waals surface area contributed by atoms with E-state index in [2.05, 4.69) is 10.4 Å².